The number of aryl methyl sites for hydroxylation is 1. The minimum absolute atomic E-state index is 0.902. The molecule has 12 aromatic rings. The lowest BCUT2D eigenvalue weighted by atomic mass is 10.2. The third-order valence-electron chi connectivity index (χ3n) is 12.0. The van der Waals surface area contributed by atoms with Crippen LogP contribution in [0.5, 0.6) is 0 Å². The van der Waals surface area contributed by atoms with Crippen molar-refractivity contribution in [2.24, 2.45) is 0 Å². The van der Waals surface area contributed by atoms with Crippen LogP contribution in [0, 0.1) is 6.92 Å². The van der Waals surface area contributed by atoms with E-state index >= 15 is 0 Å². The first-order valence-corrected chi connectivity index (χ1v) is 21.8. The molecule has 0 fully saturated rings. The van der Waals surface area contributed by atoms with Gasteiger partial charge >= 0.3 is 0 Å². The molecule has 0 radical (unpaired) electrons. The van der Waals surface area contributed by atoms with Crippen molar-refractivity contribution in [1.29, 1.82) is 0 Å². The smallest absolute Gasteiger partial charge is 0.220 e. The predicted octanol–water partition coefficient (Wildman–Crippen LogP) is 8.86. The number of aromatic nitrogens is 6. The number of nitrogens with zero attached hydrogens (tertiary/aromatic N) is 6. The van der Waals surface area contributed by atoms with Crippen LogP contribution >= 0.6 is 0 Å². The lowest BCUT2D eigenvalue weighted by molar-refractivity contribution is 1.11. The molecular formula is C51H36N6Si. The molecule has 12 rings (SSSR count). The molecule has 274 valence electrons. The highest BCUT2D eigenvalue weighted by Crippen LogP contribution is 2.31. The Hall–Kier alpha value is -7.48. The van der Waals surface area contributed by atoms with E-state index in [-0.39, 0.29) is 0 Å². The summed E-state index contributed by atoms with van der Waals surface area (Å²) in [5.74, 6) is 1.81. The van der Waals surface area contributed by atoms with Crippen LogP contribution in [0.15, 0.2) is 200 Å². The first-order chi connectivity index (χ1) is 28.7. The first kappa shape index (κ1) is 32.7. The molecule has 0 aliphatic rings. The normalized spacial score (nSPS) is 12.2. The maximum Gasteiger partial charge on any atom is 0.220 e. The van der Waals surface area contributed by atoms with Crippen LogP contribution in [0.25, 0.3) is 67.1 Å². The second-order valence-electron chi connectivity index (χ2n) is 15.2. The van der Waals surface area contributed by atoms with Gasteiger partial charge in [-0.2, -0.15) is 0 Å². The van der Waals surface area contributed by atoms with E-state index in [1.54, 1.807) is 0 Å². The molecule has 0 atom stereocenters. The average Bonchev–Trinajstić information content (AvgIpc) is 4.01. The van der Waals surface area contributed by atoms with Gasteiger partial charge in [0.15, 0.2) is 8.07 Å². The van der Waals surface area contributed by atoms with Gasteiger partial charge in [-0.05, 0) is 106 Å². The first-order valence-electron chi connectivity index (χ1n) is 19.8. The summed E-state index contributed by atoms with van der Waals surface area (Å²) >= 11 is 0. The summed E-state index contributed by atoms with van der Waals surface area (Å²) in [6.45, 7) is 2.16. The Morgan fingerprint density at radius 2 is 0.776 bits per heavy atom. The van der Waals surface area contributed by atoms with Gasteiger partial charge in [-0.3, -0.25) is 17.9 Å². The molecule has 0 saturated carbocycles. The number of hydrogen-bond donors (Lipinski definition) is 0. The van der Waals surface area contributed by atoms with Crippen LogP contribution < -0.4 is 20.7 Å². The van der Waals surface area contributed by atoms with Gasteiger partial charge in [0.25, 0.3) is 0 Å². The van der Waals surface area contributed by atoms with E-state index in [2.05, 4.69) is 225 Å². The standard InChI is InChI=1S/C51H36N6Si/c1-35-30-31-48-49(32-35)55(51-53-43-25-9-11-27-45(43)57(48)51)37-17-15-23-41(34-37)58(38-18-4-2-5-19-38,39-20-6-3-7-21-39)40-22-14-16-36(33-40)54-46-28-12-13-29-47(46)56-44-26-10-8-24-42(44)52-50(54)56/h2-34H,1H3. The van der Waals surface area contributed by atoms with E-state index < -0.39 is 8.07 Å². The summed E-state index contributed by atoms with van der Waals surface area (Å²) < 4.78 is 9.28. The molecule has 58 heavy (non-hydrogen) atoms. The number of rotatable bonds is 6. The van der Waals surface area contributed by atoms with Crippen molar-refractivity contribution < 1.29 is 0 Å². The van der Waals surface area contributed by atoms with E-state index in [9.17, 15) is 0 Å². The zero-order valence-corrected chi connectivity index (χ0v) is 32.7. The van der Waals surface area contributed by atoms with Crippen molar-refractivity contribution in [1.82, 2.24) is 27.9 Å². The maximum absolute atomic E-state index is 5.26. The summed E-state index contributed by atoms with van der Waals surface area (Å²) in [6, 6.07) is 73.0. The molecule has 0 spiro atoms. The second-order valence-corrected chi connectivity index (χ2v) is 19.0. The Morgan fingerprint density at radius 1 is 0.345 bits per heavy atom. The van der Waals surface area contributed by atoms with Crippen molar-refractivity contribution >= 4 is 84.5 Å². The Morgan fingerprint density at radius 3 is 1.33 bits per heavy atom. The largest absolute Gasteiger partial charge is 0.278 e. The highest BCUT2D eigenvalue weighted by atomic mass is 28.3. The van der Waals surface area contributed by atoms with E-state index in [0.717, 1.165) is 67.1 Å². The molecule has 0 aliphatic heterocycles. The van der Waals surface area contributed by atoms with Crippen molar-refractivity contribution in [3.8, 4) is 11.4 Å². The summed E-state index contributed by atoms with van der Waals surface area (Å²) in [5.41, 5.74) is 12.1. The molecule has 8 aromatic carbocycles. The van der Waals surface area contributed by atoms with Gasteiger partial charge < -0.3 is 0 Å². The third-order valence-corrected chi connectivity index (χ3v) is 16.7. The Kier molecular flexibility index (Phi) is 7.06. The summed E-state index contributed by atoms with van der Waals surface area (Å²) in [6.07, 6.45) is 0. The molecule has 4 heterocycles. The number of para-hydroxylation sites is 6. The van der Waals surface area contributed by atoms with E-state index in [1.807, 2.05) is 0 Å². The fourth-order valence-electron chi connectivity index (χ4n) is 9.50. The molecule has 7 heteroatoms. The highest BCUT2D eigenvalue weighted by Gasteiger charge is 2.42. The molecular weight excluding hydrogens is 725 g/mol. The summed E-state index contributed by atoms with van der Waals surface area (Å²) in [4.78, 5) is 10.5. The Bertz CT molecular complexity index is 3500. The maximum atomic E-state index is 5.26. The van der Waals surface area contributed by atoms with Gasteiger partial charge in [0.05, 0.1) is 44.1 Å². The number of fused-ring (bicyclic) bond motifs is 10. The lowest BCUT2D eigenvalue weighted by Gasteiger charge is -2.35. The predicted molar refractivity (Wildman–Crippen MR) is 241 cm³/mol. The molecule has 0 unspecified atom stereocenters. The van der Waals surface area contributed by atoms with Gasteiger partial charge in [0, 0.05) is 11.4 Å². The highest BCUT2D eigenvalue weighted by molar-refractivity contribution is 7.20. The molecule has 0 bridgehead atoms. The third kappa shape index (κ3) is 4.59. The van der Waals surface area contributed by atoms with Crippen LogP contribution in [0.3, 0.4) is 0 Å². The average molecular weight is 761 g/mol. The van der Waals surface area contributed by atoms with Gasteiger partial charge in [-0.15, -0.1) is 0 Å². The number of hydrogen-bond acceptors (Lipinski definition) is 2. The minimum atomic E-state index is -3.01. The molecule has 0 aliphatic carbocycles. The summed E-state index contributed by atoms with van der Waals surface area (Å²) in [7, 11) is -3.01. The number of imidazole rings is 4. The SMILES string of the molecule is Cc1ccc2c(c1)n(-c1cccc([Si](c3ccccc3)(c3ccccc3)c3cccc(-n4c5ccccc5n5c6ccccc6nc45)c3)c1)c1nc3ccccc3n21. The van der Waals surface area contributed by atoms with E-state index in [1.165, 1.54) is 26.3 Å². The molecule has 4 aromatic heterocycles. The quantitative estimate of drug-likeness (QED) is 0.126. The topological polar surface area (TPSA) is 44.5 Å². The number of benzene rings is 8. The fourth-order valence-corrected chi connectivity index (χ4v) is 14.3. The van der Waals surface area contributed by atoms with Gasteiger partial charge in [0.1, 0.15) is 0 Å². The monoisotopic (exact) mass is 760 g/mol. The zero-order valence-electron chi connectivity index (χ0n) is 31.7. The van der Waals surface area contributed by atoms with Crippen LogP contribution in [0.1, 0.15) is 5.56 Å². The molecule has 6 nitrogen and oxygen atoms in total. The van der Waals surface area contributed by atoms with Gasteiger partial charge in [0.2, 0.25) is 11.6 Å². The van der Waals surface area contributed by atoms with Crippen LogP contribution in [-0.4, -0.2) is 36.0 Å². The lowest BCUT2D eigenvalue weighted by Crippen LogP contribution is -2.74. The van der Waals surface area contributed by atoms with Crippen LogP contribution in [-0.2, 0) is 0 Å². The Labute approximate surface area is 335 Å². The van der Waals surface area contributed by atoms with Crippen molar-refractivity contribution in [3.05, 3.63) is 206 Å². The summed E-state index contributed by atoms with van der Waals surface area (Å²) in [5, 5.41) is 5.21. The molecule has 0 amide bonds. The minimum Gasteiger partial charge on any atom is -0.278 e. The second kappa shape index (κ2) is 12.5. The van der Waals surface area contributed by atoms with Crippen molar-refractivity contribution in [2.75, 3.05) is 0 Å². The van der Waals surface area contributed by atoms with E-state index in [4.69, 9.17) is 9.97 Å². The molecule has 0 N–H and O–H groups in total. The zero-order chi connectivity index (χ0) is 38.4. The Balaban J connectivity index is 1.16. The van der Waals surface area contributed by atoms with Crippen molar-refractivity contribution in [2.45, 2.75) is 6.92 Å². The van der Waals surface area contributed by atoms with Gasteiger partial charge in [-0.25, -0.2) is 9.97 Å². The molecule has 0 saturated heterocycles. The van der Waals surface area contributed by atoms with Crippen LogP contribution in [0.2, 0.25) is 0 Å². The fraction of sp³-hybridized carbons (Fsp3) is 0.0196. The van der Waals surface area contributed by atoms with E-state index in [0.29, 0.717) is 0 Å². The van der Waals surface area contributed by atoms with Crippen LogP contribution in [0.4, 0.5) is 0 Å². The van der Waals surface area contributed by atoms with Gasteiger partial charge in [-0.1, -0.05) is 127 Å². The van der Waals surface area contributed by atoms with Crippen molar-refractivity contribution in [3.63, 3.8) is 0 Å².